The predicted octanol–water partition coefficient (Wildman–Crippen LogP) is 3.89. The number of halogens is 4. The Morgan fingerprint density at radius 3 is 1.74 bits per heavy atom. The molecule has 0 aliphatic rings. The summed E-state index contributed by atoms with van der Waals surface area (Å²) < 4.78 is 38.5. The Bertz CT molecular complexity index is 883. The van der Waals surface area contributed by atoms with Gasteiger partial charge in [-0.3, -0.25) is 14.4 Å². The number of amides is 3. The summed E-state index contributed by atoms with van der Waals surface area (Å²) in [6, 6.07) is 8.65. The summed E-state index contributed by atoms with van der Waals surface area (Å²) in [7, 11) is 0. The van der Waals surface area contributed by atoms with Crippen LogP contribution >= 0.6 is 11.6 Å². The van der Waals surface area contributed by atoms with Crippen LogP contribution in [0, 0.1) is 0 Å². The summed E-state index contributed by atoms with van der Waals surface area (Å²) in [6.07, 6.45) is -4.70. The molecule has 3 amide bonds. The first kappa shape index (κ1) is 20.2. The van der Waals surface area contributed by atoms with Crippen LogP contribution in [0.25, 0.3) is 0 Å². The topological polar surface area (TPSA) is 87.3 Å². The van der Waals surface area contributed by atoms with Gasteiger partial charge >= 0.3 is 18.0 Å². The van der Waals surface area contributed by atoms with Crippen molar-refractivity contribution in [3.63, 3.8) is 0 Å². The number of nitrogens with one attached hydrogen (secondary N) is 3. The van der Waals surface area contributed by atoms with E-state index in [9.17, 15) is 27.6 Å². The molecule has 2 aromatic rings. The summed E-state index contributed by atoms with van der Waals surface area (Å²) in [5.41, 5.74) is -0.606. The van der Waals surface area contributed by atoms with Gasteiger partial charge in [-0.2, -0.15) is 13.2 Å². The van der Waals surface area contributed by atoms with Gasteiger partial charge in [0.25, 0.3) is 0 Å². The number of anilines is 3. The van der Waals surface area contributed by atoms with Gasteiger partial charge in [-0.1, -0.05) is 11.6 Å². The predicted molar refractivity (Wildman–Crippen MR) is 94.5 cm³/mol. The van der Waals surface area contributed by atoms with Crippen molar-refractivity contribution in [2.24, 2.45) is 0 Å². The first-order valence-electron chi connectivity index (χ1n) is 7.43. The molecule has 6 nitrogen and oxygen atoms in total. The smallest absolute Gasteiger partial charge is 0.326 e. The fraction of sp³-hybridized carbons (Fsp3) is 0.118. The van der Waals surface area contributed by atoms with Gasteiger partial charge in [0, 0.05) is 24.0 Å². The Morgan fingerprint density at radius 1 is 0.815 bits per heavy atom. The summed E-state index contributed by atoms with van der Waals surface area (Å²) in [6.45, 7) is 1.33. The minimum absolute atomic E-state index is 0.229. The van der Waals surface area contributed by atoms with E-state index >= 15 is 0 Å². The second kappa shape index (κ2) is 8.09. The lowest BCUT2D eigenvalue weighted by molar-refractivity contribution is -0.137. The minimum atomic E-state index is -4.70. The maximum Gasteiger partial charge on any atom is 0.417 e. The van der Waals surface area contributed by atoms with Crippen molar-refractivity contribution in [1.82, 2.24) is 0 Å². The number of carbonyl (C=O) groups excluding carboxylic acids is 3. The van der Waals surface area contributed by atoms with E-state index in [0.717, 1.165) is 12.1 Å². The number of carbonyl (C=O) groups is 3. The Hall–Kier alpha value is -3.07. The highest BCUT2D eigenvalue weighted by Gasteiger charge is 2.33. The van der Waals surface area contributed by atoms with E-state index in [1.165, 1.54) is 31.2 Å². The minimum Gasteiger partial charge on any atom is -0.326 e. The lowest BCUT2D eigenvalue weighted by Crippen LogP contribution is -2.29. The molecule has 10 heteroatoms. The Morgan fingerprint density at radius 2 is 1.26 bits per heavy atom. The molecule has 0 aliphatic carbocycles. The molecule has 0 bridgehead atoms. The van der Waals surface area contributed by atoms with Crippen LogP contribution in [0.4, 0.5) is 30.2 Å². The van der Waals surface area contributed by atoms with Crippen molar-refractivity contribution in [2.45, 2.75) is 13.1 Å². The highest BCUT2D eigenvalue weighted by molar-refractivity contribution is 6.43. The molecule has 0 fully saturated rings. The van der Waals surface area contributed by atoms with Crippen LogP contribution in [-0.2, 0) is 20.6 Å². The van der Waals surface area contributed by atoms with E-state index in [0.29, 0.717) is 11.8 Å². The summed E-state index contributed by atoms with van der Waals surface area (Å²) in [4.78, 5) is 34.7. The average molecular weight is 400 g/mol. The lowest BCUT2D eigenvalue weighted by Gasteiger charge is -2.12. The van der Waals surface area contributed by atoms with Crippen LogP contribution in [0.2, 0.25) is 5.02 Å². The highest BCUT2D eigenvalue weighted by Crippen LogP contribution is 2.36. The van der Waals surface area contributed by atoms with Crippen molar-refractivity contribution < 1.29 is 27.6 Å². The van der Waals surface area contributed by atoms with Gasteiger partial charge in [-0.05, 0) is 42.5 Å². The third kappa shape index (κ3) is 5.71. The fourth-order valence-corrected chi connectivity index (χ4v) is 2.26. The highest BCUT2D eigenvalue weighted by atomic mass is 35.5. The van der Waals surface area contributed by atoms with Crippen LogP contribution in [0.1, 0.15) is 12.5 Å². The van der Waals surface area contributed by atoms with E-state index in [1.807, 2.05) is 0 Å². The SMILES string of the molecule is CC(=O)Nc1ccc(NC(=O)C(=O)Nc2ccc(Cl)c(C(F)(F)F)c2)cc1. The molecule has 142 valence electrons. The Kier molecular flexibility index (Phi) is 6.06. The molecule has 0 unspecified atom stereocenters. The number of benzene rings is 2. The molecular weight excluding hydrogens is 387 g/mol. The first-order chi connectivity index (χ1) is 12.6. The monoisotopic (exact) mass is 399 g/mol. The number of alkyl halides is 3. The maximum absolute atomic E-state index is 12.8. The van der Waals surface area contributed by atoms with Gasteiger partial charge in [-0.25, -0.2) is 0 Å². The molecule has 0 saturated heterocycles. The molecule has 0 saturated carbocycles. The van der Waals surface area contributed by atoms with Gasteiger partial charge < -0.3 is 16.0 Å². The number of hydrogen-bond acceptors (Lipinski definition) is 3. The summed E-state index contributed by atoms with van der Waals surface area (Å²) in [5.74, 6) is -2.51. The second-order valence-corrected chi connectivity index (χ2v) is 5.77. The summed E-state index contributed by atoms with van der Waals surface area (Å²) >= 11 is 5.49. The Balaban J connectivity index is 2.04. The van der Waals surface area contributed by atoms with Crippen molar-refractivity contribution in [3.05, 3.63) is 53.1 Å². The number of hydrogen-bond donors (Lipinski definition) is 3. The molecule has 2 aromatic carbocycles. The van der Waals surface area contributed by atoms with Crippen molar-refractivity contribution >= 4 is 46.4 Å². The zero-order valence-electron chi connectivity index (χ0n) is 13.8. The quantitative estimate of drug-likeness (QED) is 0.684. The van der Waals surface area contributed by atoms with Crippen LogP contribution in [0.3, 0.4) is 0 Å². The second-order valence-electron chi connectivity index (χ2n) is 5.36. The van der Waals surface area contributed by atoms with Crippen molar-refractivity contribution in [1.29, 1.82) is 0 Å². The zero-order chi connectivity index (χ0) is 20.2. The van der Waals surface area contributed by atoms with Crippen LogP contribution in [0.15, 0.2) is 42.5 Å². The average Bonchev–Trinajstić information content (AvgIpc) is 2.56. The van der Waals surface area contributed by atoms with E-state index in [2.05, 4.69) is 16.0 Å². The largest absolute Gasteiger partial charge is 0.417 e. The van der Waals surface area contributed by atoms with Crippen molar-refractivity contribution in [2.75, 3.05) is 16.0 Å². The van der Waals surface area contributed by atoms with Crippen LogP contribution < -0.4 is 16.0 Å². The normalized spacial score (nSPS) is 10.9. The van der Waals surface area contributed by atoms with Gasteiger partial charge in [0.05, 0.1) is 10.6 Å². The van der Waals surface area contributed by atoms with E-state index in [-0.39, 0.29) is 17.3 Å². The van der Waals surface area contributed by atoms with Gasteiger partial charge in [0.1, 0.15) is 0 Å². The van der Waals surface area contributed by atoms with Crippen LogP contribution in [-0.4, -0.2) is 17.7 Å². The molecular formula is C17H13ClF3N3O3. The summed E-state index contributed by atoms with van der Waals surface area (Å²) in [5, 5.41) is 6.36. The molecule has 3 N–H and O–H groups in total. The zero-order valence-corrected chi connectivity index (χ0v) is 14.5. The van der Waals surface area contributed by atoms with E-state index in [1.54, 1.807) is 0 Å². The number of rotatable bonds is 3. The molecule has 0 spiro atoms. The lowest BCUT2D eigenvalue weighted by atomic mass is 10.2. The van der Waals surface area contributed by atoms with Gasteiger partial charge in [-0.15, -0.1) is 0 Å². The fourth-order valence-electron chi connectivity index (χ4n) is 2.04. The Labute approximate surface area is 156 Å². The van der Waals surface area contributed by atoms with Crippen molar-refractivity contribution in [3.8, 4) is 0 Å². The molecule has 0 atom stereocenters. The van der Waals surface area contributed by atoms with Gasteiger partial charge in [0.2, 0.25) is 5.91 Å². The third-order valence-corrected chi connectivity index (χ3v) is 3.53. The van der Waals surface area contributed by atoms with Gasteiger partial charge in [0.15, 0.2) is 0 Å². The van der Waals surface area contributed by atoms with E-state index < -0.39 is 28.6 Å². The first-order valence-corrected chi connectivity index (χ1v) is 7.81. The standard InChI is InChI=1S/C17H13ClF3N3O3/c1-9(25)22-10-2-4-11(5-3-10)23-15(26)16(27)24-12-6-7-14(18)13(8-12)17(19,20)21/h2-8H,1H3,(H,22,25)(H,23,26)(H,24,27). The molecule has 0 aliphatic heterocycles. The maximum atomic E-state index is 12.8. The molecule has 2 rings (SSSR count). The molecule has 0 heterocycles. The molecule has 0 radical (unpaired) electrons. The van der Waals surface area contributed by atoms with E-state index in [4.69, 9.17) is 11.6 Å². The molecule has 27 heavy (non-hydrogen) atoms. The van der Waals surface area contributed by atoms with Crippen LogP contribution in [0.5, 0.6) is 0 Å². The third-order valence-electron chi connectivity index (χ3n) is 3.20. The molecule has 0 aromatic heterocycles.